The molecule has 0 spiro atoms. The molecule has 3 aromatic rings. The number of aryl methyl sites for hydroxylation is 1. The Morgan fingerprint density at radius 2 is 2.00 bits per heavy atom. The van der Waals surface area contributed by atoms with Crippen LogP contribution in [0.3, 0.4) is 0 Å². The Labute approximate surface area is 154 Å². The van der Waals surface area contributed by atoms with Crippen LogP contribution in [0.2, 0.25) is 0 Å². The Hall–Kier alpha value is -3.03. The number of halogens is 2. The molecule has 0 atom stereocenters. The van der Waals surface area contributed by atoms with Gasteiger partial charge in [-0.15, -0.1) is 0 Å². The number of fused-ring (bicyclic) bond motifs is 1. The van der Waals surface area contributed by atoms with E-state index in [2.05, 4.69) is 15.0 Å². The third kappa shape index (κ3) is 2.90. The molecule has 3 N–H and O–H groups in total. The van der Waals surface area contributed by atoms with Crippen molar-refractivity contribution < 1.29 is 13.9 Å². The second kappa shape index (κ2) is 6.00. The zero-order chi connectivity index (χ0) is 19.3. The first-order valence-corrected chi connectivity index (χ1v) is 8.60. The zero-order valence-electron chi connectivity index (χ0n) is 15.0. The highest BCUT2D eigenvalue weighted by Gasteiger charge is 2.39. The lowest BCUT2D eigenvalue weighted by atomic mass is 9.97. The van der Waals surface area contributed by atoms with Gasteiger partial charge in [-0.05, 0) is 31.5 Å². The molecule has 1 aliphatic heterocycles. The summed E-state index contributed by atoms with van der Waals surface area (Å²) in [5, 5.41) is 10.7. The number of nitrogen functional groups attached to an aromatic ring is 1. The van der Waals surface area contributed by atoms with Crippen molar-refractivity contribution >= 4 is 22.5 Å². The predicted octanol–water partition coefficient (Wildman–Crippen LogP) is 3.44. The molecule has 0 unspecified atom stereocenters. The molecule has 140 valence electrons. The number of aromatic hydroxyl groups is 1. The van der Waals surface area contributed by atoms with Crippen LogP contribution in [0.25, 0.3) is 22.2 Å². The van der Waals surface area contributed by atoms with Crippen molar-refractivity contribution in [2.24, 2.45) is 0 Å². The van der Waals surface area contributed by atoms with Gasteiger partial charge in [0.25, 0.3) is 5.92 Å². The Balaban J connectivity index is 2.00. The standard InChI is InChI=1S/C19H19F2N5O/c1-10-3-4-13(27)11(2)15(10)17-16-12(18(22)24-9-23-16)7-14(25-17)26-6-5-19(20,21)8-26/h3-4,7,9,27H,5-6,8H2,1-2H3,(H2,22,23,24). The van der Waals surface area contributed by atoms with Crippen molar-refractivity contribution in [1.29, 1.82) is 0 Å². The Morgan fingerprint density at radius 3 is 2.70 bits per heavy atom. The first-order valence-electron chi connectivity index (χ1n) is 8.60. The molecular formula is C19H19F2N5O. The largest absolute Gasteiger partial charge is 0.508 e. The number of anilines is 2. The Morgan fingerprint density at radius 1 is 1.22 bits per heavy atom. The van der Waals surface area contributed by atoms with Crippen molar-refractivity contribution in [3.63, 3.8) is 0 Å². The van der Waals surface area contributed by atoms with E-state index >= 15 is 0 Å². The van der Waals surface area contributed by atoms with Gasteiger partial charge in [0.1, 0.15) is 29.2 Å². The number of hydrogen-bond acceptors (Lipinski definition) is 6. The maximum absolute atomic E-state index is 13.7. The Kier molecular flexibility index (Phi) is 3.87. The fraction of sp³-hybridized carbons (Fsp3) is 0.316. The average Bonchev–Trinajstić information content (AvgIpc) is 2.99. The van der Waals surface area contributed by atoms with Crippen LogP contribution in [0.4, 0.5) is 20.4 Å². The van der Waals surface area contributed by atoms with Gasteiger partial charge in [0.2, 0.25) is 0 Å². The van der Waals surface area contributed by atoms with Crippen LogP contribution < -0.4 is 10.6 Å². The maximum atomic E-state index is 13.7. The van der Waals surface area contributed by atoms with Gasteiger partial charge in [0, 0.05) is 29.5 Å². The van der Waals surface area contributed by atoms with Crippen molar-refractivity contribution in [1.82, 2.24) is 15.0 Å². The van der Waals surface area contributed by atoms with E-state index < -0.39 is 12.5 Å². The van der Waals surface area contributed by atoms with Crippen molar-refractivity contribution in [3.8, 4) is 17.0 Å². The van der Waals surface area contributed by atoms with E-state index in [1.54, 1.807) is 30.0 Å². The topological polar surface area (TPSA) is 88.2 Å². The summed E-state index contributed by atoms with van der Waals surface area (Å²) in [5.41, 5.74) is 9.30. The molecule has 0 amide bonds. The summed E-state index contributed by atoms with van der Waals surface area (Å²) >= 11 is 0. The summed E-state index contributed by atoms with van der Waals surface area (Å²) in [5.74, 6) is -1.96. The number of benzene rings is 1. The lowest BCUT2D eigenvalue weighted by Crippen LogP contribution is -2.25. The van der Waals surface area contributed by atoms with E-state index in [9.17, 15) is 13.9 Å². The second-order valence-corrected chi connectivity index (χ2v) is 6.91. The quantitative estimate of drug-likeness (QED) is 0.717. The number of aromatic nitrogens is 3. The Bertz CT molecular complexity index is 1050. The summed E-state index contributed by atoms with van der Waals surface area (Å²) in [6.45, 7) is 3.50. The number of nitrogens with two attached hydrogens (primary N) is 1. The van der Waals surface area contributed by atoms with Crippen molar-refractivity contribution in [2.45, 2.75) is 26.2 Å². The van der Waals surface area contributed by atoms with Crippen LogP contribution in [0, 0.1) is 13.8 Å². The lowest BCUT2D eigenvalue weighted by molar-refractivity contribution is 0.0256. The number of nitrogens with zero attached hydrogens (tertiary/aromatic N) is 4. The third-order valence-corrected chi connectivity index (χ3v) is 5.01. The smallest absolute Gasteiger partial charge is 0.266 e. The first-order chi connectivity index (χ1) is 12.8. The number of phenols is 1. The summed E-state index contributed by atoms with van der Waals surface area (Å²) in [7, 11) is 0. The van der Waals surface area contributed by atoms with Gasteiger partial charge in [-0.1, -0.05) is 6.07 Å². The molecular weight excluding hydrogens is 352 g/mol. The number of pyridine rings is 1. The van der Waals surface area contributed by atoms with Crippen LogP contribution in [-0.4, -0.2) is 39.1 Å². The fourth-order valence-electron chi connectivity index (χ4n) is 3.54. The van der Waals surface area contributed by atoms with E-state index in [-0.39, 0.29) is 24.5 Å². The lowest BCUT2D eigenvalue weighted by Gasteiger charge is -2.20. The molecule has 3 heterocycles. The summed E-state index contributed by atoms with van der Waals surface area (Å²) in [4.78, 5) is 14.6. The van der Waals surface area contributed by atoms with Gasteiger partial charge in [0.05, 0.1) is 12.2 Å². The van der Waals surface area contributed by atoms with E-state index in [0.29, 0.717) is 33.5 Å². The van der Waals surface area contributed by atoms with E-state index in [4.69, 9.17) is 5.73 Å². The summed E-state index contributed by atoms with van der Waals surface area (Å²) < 4.78 is 27.5. The minimum absolute atomic E-state index is 0.130. The minimum Gasteiger partial charge on any atom is -0.508 e. The molecule has 0 saturated carbocycles. The van der Waals surface area contributed by atoms with Crippen LogP contribution in [-0.2, 0) is 0 Å². The minimum atomic E-state index is -2.74. The maximum Gasteiger partial charge on any atom is 0.266 e. The molecule has 0 radical (unpaired) electrons. The number of rotatable bonds is 2. The summed E-state index contributed by atoms with van der Waals surface area (Å²) in [6, 6.07) is 5.06. The third-order valence-electron chi connectivity index (χ3n) is 5.01. The van der Waals surface area contributed by atoms with Gasteiger partial charge in [0.15, 0.2) is 0 Å². The molecule has 1 aromatic carbocycles. The zero-order valence-corrected chi connectivity index (χ0v) is 15.0. The average molecular weight is 371 g/mol. The normalized spacial score (nSPS) is 16.2. The van der Waals surface area contributed by atoms with E-state index in [1.165, 1.54) is 6.33 Å². The van der Waals surface area contributed by atoms with Crippen LogP contribution in [0.1, 0.15) is 17.5 Å². The van der Waals surface area contributed by atoms with Gasteiger partial charge < -0.3 is 15.7 Å². The van der Waals surface area contributed by atoms with E-state index in [1.807, 2.05) is 6.92 Å². The number of alkyl halides is 2. The molecule has 1 aliphatic rings. The molecule has 6 nitrogen and oxygen atoms in total. The molecule has 8 heteroatoms. The van der Waals surface area contributed by atoms with Crippen LogP contribution in [0.5, 0.6) is 5.75 Å². The first kappa shape index (κ1) is 17.4. The summed E-state index contributed by atoms with van der Waals surface area (Å²) in [6.07, 6.45) is 1.13. The van der Waals surface area contributed by atoms with Crippen molar-refractivity contribution in [3.05, 3.63) is 35.7 Å². The molecule has 4 rings (SSSR count). The molecule has 1 saturated heterocycles. The molecule has 2 aromatic heterocycles. The van der Waals surface area contributed by atoms with Crippen LogP contribution in [0.15, 0.2) is 24.5 Å². The van der Waals surface area contributed by atoms with Gasteiger partial charge >= 0.3 is 0 Å². The highest BCUT2D eigenvalue weighted by Crippen LogP contribution is 2.38. The van der Waals surface area contributed by atoms with Gasteiger partial charge in [-0.2, -0.15) is 0 Å². The molecule has 27 heavy (non-hydrogen) atoms. The molecule has 1 fully saturated rings. The predicted molar refractivity (Wildman–Crippen MR) is 100 cm³/mol. The monoisotopic (exact) mass is 371 g/mol. The van der Waals surface area contributed by atoms with Crippen LogP contribution >= 0.6 is 0 Å². The second-order valence-electron chi connectivity index (χ2n) is 6.91. The van der Waals surface area contributed by atoms with E-state index in [0.717, 1.165) is 5.56 Å². The number of hydrogen-bond donors (Lipinski definition) is 2. The highest BCUT2D eigenvalue weighted by atomic mass is 19.3. The van der Waals surface area contributed by atoms with Gasteiger partial charge in [-0.3, -0.25) is 0 Å². The van der Waals surface area contributed by atoms with Gasteiger partial charge in [-0.25, -0.2) is 23.7 Å². The molecule has 0 aliphatic carbocycles. The number of phenolic OH excluding ortho intramolecular Hbond substituents is 1. The highest BCUT2D eigenvalue weighted by molar-refractivity contribution is 5.99. The fourth-order valence-corrected chi connectivity index (χ4v) is 3.54. The van der Waals surface area contributed by atoms with Crippen molar-refractivity contribution in [2.75, 3.05) is 23.7 Å². The molecule has 0 bridgehead atoms. The SMILES string of the molecule is Cc1ccc(O)c(C)c1-c1nc(N2CCC(F)(F)C2)cc2c(N)ncnc12.